The average molecular weight is 372 g/mol. The van der Waals surface area contributed by atoms with Crippen LogP contribution in [0.15, 0.2) is 71.3 Å². The summed E-state index contributed by atoms with van der Waals surface area (Å²) in [7, 11) is 0. The molecular weight excluding hydrogens is 352 g/mol. The monoisotopic (exact) mass is 372 g/mol. The minimum Gasteiger partial charge on any atom is -0.464 e. The molecule has 0 bridgehead atoms. The maximum atomic E-state index is 12.6. The predicted octanol–water partition coefficient (Wildman–Crippen LogP) is 4.52. The number of nitrogens with one attached hydrogen (secondary N) is 2. The molecule has 28 heavy (non-hydrogen) atoms. The molecule has 2 N–H and O–H groups in total. The summed E-state index contributed by atoms with van der Waals surface area (Å²) in [5.74, 6) is -0.324. The van der Waals surface area contributed by atoms with Gasteiger partial charge in [-0.05, 0) is 42.0 Å². The number of anilines is 1. The zero-order chi connectivity index (χ0) is 19.5. The second-order valence-electron chi connectivity index (χ2n) is 6.59. The minimum atomic E-state index is -0.163. The van der Waals surface area contributed by atoms with Crippen molar-refractivity contribution in [1.29, 1.82) is 0 Å². The molecule has 0 saturated carbocycles. The number of amides is 2. The maximum absolute atomic E-state index is 12.6. The first kappa shape index (κ1) is 17.8. The molecule has 4 rings (SSSR count). The van der Waals surface area contributed by atoms with Gasteiger partial charge in [-0.2, -0.15) is 0 Å². The maximum Gasteiger partial charge on any atom is 0.251 e. The smallest absolute Gasteiger partial charge is 0.251 e. The van der Waals surface area contributed by atoms with E-state index in [0.29, 0.717) is 17.8 Å². The van der Waals surface area contributed by atoms with E-state index in [9.17, 15) is 9.59 Å². The fourth-order valence-corrected chi connectivity index (χ4v) is 3.38. The number of hydrogen-bond acceptors (Lipinski definition) is 3. The van der Waals surface area contributed by atoms with Gasteiger partial charge in [0.15, 0.2) is 0 Å². The molecule has 4 aromatic rings. The zero-order valence-electron chi connectivity index (χ0n) is 15.5. The summed E-state index contributed by atoms with van der Waals surface area (Å²) in [5, 5.41) is 8.75. The van der Waals surface area contributed by atoms with Crippen molar-refractivity contribution in [1.82, 2.24) is 5.32 Å². The van der Waals surface area contributed by atoms with E-state index in [-0.39, 0.29) is 18.2 Å². The molecule has 0 radical (unpaired) electrons. The van der Waals surface area contributed by atoms with Gasteiger partial charge in [0.05, 0.1) is 12.7 Å². The summed E-state index contributed by atoms with van der Waals surface area (Å²) in [4.78, 5) is 24.6. The van der Waals surface area contributed by atoms with Crippen LogP contribution in [0.4, 0.5) is 5.69 Å². The Balaban J connectivity index is 1.57. The molecule has 5 heteroatoms. The molecule has 0 aliphatic carbocycles. The quantitative estimate of drug-likeness (QED) is 0.541. The first-order valence-electron chi connectivity index (χ1n) is 9.21. The number of benzene rings is 3. The van der Waals surface area contributed by atoms with E-state index in [2.05, 4.69) is 10.6 Å². The Hall–Kier alpha value is -3.60. The highest BCUT2D eigenvalue weighted by Gasteiger charge is 2.14. The molecule has 0 aliphatic rings. The van der Waals surface area contributed by atoms with Crippen molar-refractivity contribution in [3.8, 4) is 0 Å². The molecule has 0 spiro atoms. The molecule has 140 valence electrons. The van der Waals surface area contributed by atoms with E-state index >= 15 is 0 Å². The Morgan fingerprint density at radius 3 is 2.71 bits per heavy atom. The molecule has 1 aromatic heterocycles. The van der Waals surface area contributed by atoms with Gasteiger partial charge in [-0.3, -0.25) is 9.59 Å². The summed E-state index contributed by atoms with van der Waals surface area (Å²) in [6, 6.07) is 18.9. The SMILES string of the molecule is CCNC(=O)c1cccc(NC(=O)Cc2coc3ccc4ccccc4c23)c1. The zero-order valence-corrected chi connectivity index (χ0v) is 15.5. The van der Waals surface area contributed by atoms with E-state index in [0.717, 1.165) is 27.3 Å². The first-order chi connectivity index (χ1) is 13.7. The predicted molar refractivity (Wildman–Crippen MR) is 111 cm³/mol. The van der Waals surface area contributed by atoms with Crippen molar-refractivity contribution >= 4 is 39.2 Å². The molecule has 0 aliphatic heterocycles. The summed E-state index contributed by atoms with van der Waals surface area (Å²) >= 11 is 0. The van der Waals surface area contributed by atoms with Crippen molar-refractivity contribution in [2.24, 2.45) is 0 Å². The van der Waals surface area contributed by atoms with Crippen LogP contribution in [-0.2, 0) is 11.2 Å². The molecule has 2 amide bonds. The lowest BCUT2D eigenvalue weighted by Crippen LogP contribution is -2.23. The number of rotatable bonds is 5. The molecule has 0 atom stereocenters. The molecule has 3 aromatic carbocycles. The van der Waals surface area contributed by atoms with Crippen molar-refractivity contribution in [2.75, 3.05) is 11.9 Å². The summed E-state index contributed by atoms with van der Waals surface area (Å²) in [6.45, 7) is 2.42. The van der Waals surface area contributed by atoms with E-state index in [1.54, 1.807) is 30.5 Å². The third-order valence-corrected chi connectivity index (χ3v) is 4.64. The normalized spacial score (nSPS) is 10.9. The van der Waals surface area contributed by atoms with Crippen LogP contribution < -0.4 is 10.6 Å². The highest BCUT2D eigenvalue weighted by molar-refractivity contribution is 6.09. The van der Waals surface area contributed by atoms with Crippen LogP contribution in [0.3, 0.4) is 0 Å². The lowest BCUT2D eigenvalue weighted by molar-refractivity contribution is -0.115. The van der Waals surface area contributed by atoms with E-state index in [1.807, 2.05) is 43.3 Å². The highest BCUT2D eigenvalue weighted by atomic mass is 16.3. The van der Waals surface area contributed by atoms with Crippen LogP contribution in [0, 0.1) is 0 Å². The second kappa shape index (κ2) is 7.56. The van der Waals surface area contributed by atoms with Crippen LogP contribution in [0.1, 0.15) is 22.8 Å². The van der Waals surface area contributed by atoms with Gasteiger partial charge in [-0.25, -0.2) is 0 Å². The van der Waals surface area contributed by atoms with Crippen LogP contribution in [0.25, 0.3) is 21.7 Å². The van der Waals surface area contributed by atoms with Gasteiger partial charge < -0.3 is 15.1 Å². The van der Waals surface area contributed by atoms with E-state index in [4.69, 9.17) is 4.42 Å². The Bertz CT molecular complexity index is 1180. The molecule has 0 saturated heterocycles. The van der Waals surface area contributed by atoms with Gasteiger partial charge in [0.2, 0.25) is 5.91 Å². The van der Waals surface area contributed by atoms with Crippen molar-refractivity contribution in [3.05, 3.63) is 78.1 Å². The number of furan rings is 1. The summed E-state index contributed by atoms with van der Waals surface area (Å²) in [6.07, 6.45) is 1.83. The number of hydrogen-bond donors (Lipinski definition) is 2. The Labute approximate surface area is 162 Å². The average Bonchev–Trinajstić information content (AvgIpc) is 3.11. The van der Waals surface area contributed by atoms with Gasteiger partial charge in [-0.15, -0.1) is 0 Å². The Kier molecular flexibility index (Phi) is 4.81. The third kappa shape index (κ3) is 3.47. The molecule has 1 heterocycles. The lowest BCUT2D eigenvalue weighted by atomic mass is 10.0. The number of fused-ring (bicyclic) bond motifs is 3. The highest BCUT2D eigenvalue weighted by Crippen LogP contribution is 2.30. The minimum absolute atomic E-state index is 0.161. The number of carbonyl (C=O) groups is 2. The summed E-state index contributed by atoms with van der Waals surface area (Å²) in [5.41, 5.74) is 2.70. The third-order valence-electron chi connectivity index (χ3n) is 4.64. The number of carbonyl (C=O) groups excluding carboxylic acids is 2. The fourth-order valence-electron chi connectivity index (χ4n) is 3.38. The van der Waals surface area contributed by atoms with Crippen molar-refractivity contribution in [2.45, 2.75) is 13.3 Å². The first-order valence-corrected chi connectivity index (χ1v) is 9.21. The van der Waals surface area contributed by atoms with Gasteiger partial charge in [0, 0.05) is 28.7 Å². The molecular formula is C23H20N2O3. The second-order valence-corrected chi connectivity index (χ2v) is 6.59. The van der Waals surface area contributed by atoms with Crippen LogP contribution in [0.5, 0.6) is 0 Å². The molecule has 0 unspecified atom stereocenters. The van der Waals surface area contributed by atoms with Gasteiger partial charge in [0.25, 0.3) is 5.91 Å². The van der Waals surface area contributed by atoms with Crippen molar-refractivity contribution in [3.63, 3.8) is 0 Å². The van der Waals surface area contributed by atoms with Crippen molar-refractivity contribution < 1.29 is 14.0 Å². The van der Waals surface area contributed by atoms with Crippen LogP contribution in [0.2, 0.25) is 0 Å². The van der Waals surface area contributed by atoms with Crippen LogP contribution >= 0.6 is 0 Å². The fraction of sp³-hybridized carbons (Fsp3) is 0.130. The van der Waals surface area contributed by atoms with Gasteiger partial charge in [-0.1, -0.05) is 36.4 Å². The Morgan fingerprint density at radius 1 is 1.00 bits per heavy atom. The Morgan fingerprint density at radius 2 is 1.86 bits per heavy atom. The molecule has 5 nitrogen and oxygen atoms in total. The van der Waals surface area contributed by atoms with Crippen LogP contribution in [-0.4, -0.2) is 18.4 Å². The lowest BCUT2D eigenvalue weighted by Gasteiger charge is -2.08. The molecule has 0 fully saturated rings. The summed E-state index contributed by atoms with van der Waals surface area (Å²) < 4.78 is 5.65. The standard InChI is InChI=1S/C23H20N2O3/c1-2-24-23(27)16-7-5-8-18(12-16)25-21(26)13-17-14-28-20-11-10-15-6-3-4-9-19(15)22(17)20/h3-12,14H,2,13H2,1H3,(H,24,27)(H,25,26). The van der Waals surface area contributed by atoms with Gasteiger partial charge in [0.1, 0.15) is 5.58 Å². The topological polar surface area (TPSA) is 71.3 Å². The van der Waals surface area contributed by atoms with E-state index in [1.165, 1.54) is 0 Å². The largest absolute Gasteiger partial charge is 0.464 e. The van der Waals surface area contributed by atoms with Gasteiger partial charge >= 0.3 is 0 Å². The van der Waals surface area contributed by atoms with E-state index < -0.39 is 0 Å².